The molecule has 0 bridgehead atoms. The molecule has 0 aromatic rings. The summed E-state index contributed by atoms with van der Waals surface area (Å²) in [4.78, 5) is 0. The lowest BCUT2D eigenvalue weighted by Crippen LogP contribution is -2.61. The molecule has 7 atom stereocenters. The zero-order chi connectivity index (χ0) is 20.4. The van der Waals surface area contributed by atoms with E-state index in [1.807, 2.05) is 6.92 Å². The Morgan fingerprint density at radius 1 is 0.815 bits per heavy atom. The lowest BCUT2D eigenvalue weighted by atomic mass is 9.97. The standard InChI is InChI=1S/C18H36O9/c1-12-14(22-5)15(23-6)16(24-7)17(27-12)26-11-18(25-8,10-20-3)13(21-4)9-19-2/h12-17H,9-11H2,1-8H3/t12-,13-,14-,15+,16+,17+,18-/m0/s1. The van der Waals surface area contributed by atoms with Crippen molar-refractivity contribution in [1.82, 2.24) is 0 Å². The third kappa shape index (κ3) is 5.81. The molecule has 1 aliphatic heterocycles. The Morgan fingerprint density at radius 3 is 1.89 bits per heavy atom. The fraction of sp³-hybridized carbons (Fsp3) is 1.00. The first-order valence-corrected chi connectivity index (χ1v) is 8.89. The second-order valence-electron chi connectivity index (χ2n) is 6.50. The highest BCUT2D eigenvalue weighted by Crippen LogP contribution is 2.29. The first-order valence-electron chi connectivity index (χ1n) is 8.89. The monoisotopic (exact) mass is 396 g/mol. The summed E-state index contributed by atoms with van der Waals surface area (Å²) in [5, 5.41) is 0. The normalized spacial score (nSPS) is 32.2. The Morgan fingerprint density at radius 2 is 1.44 bits per heavy atom. The van der Waals surface area contributed by atoms with Crippen LogP contribution >= 0.6 is 0 Å². The molecule has 1 aliphatic rings. The largest absolute Gasteiger partial charge is 0.382 e. The summed E-state index contributed by atoms with van der Waals surface area (Å²) in [6.45, 7) is 2.62. The molecule has 9 heteroatoms. The van der Waals surface area contributed by atoms with Crippen LogP contribution in [0.15, 0.2) is 0 Å². The van der Waals surface area contributed by atoms with Crippen LogP contribution in [0.5, 0.6) is 0 Å². The van der Waals surface area contributed by atoms with Crippen molar-refractivity contribution in [2.45, 2.75) is 49.3 Å². The Hall–Kier alpha value is -0.360. The third-order valence-corrected chi connectivity index (χ3v) is 5.02. The fourth-order valence-electron chi connectivity index (χ4n) is 3.48. The van der Waals surface area contributed by atoms with Gasteiger partial charge in [0.25, 0.3) is 0 Å². The van der Waals surface area contributed by atoms with Gasteiger partial charge in [0.15, 0.2) is 6.29 Å². The highest BCUT2D eigenvalue weighted by atomic mass is 16.7. The van der Waals surface area contributed by atoms with Crippen LogP contribution in [0.2, 0.25) is 0 Å². The second kappa shape index (κ2) is 12.3. The summed E-state index contributed by atoms with van der Waals surface area (Å²) in [6.07, 6.45) is -2.41. The quantitative estimate of drug-likeness (QED) is 0.441. The Kier molecular flexibility index (Phi) is 11.2. The zero-order valence-electron chi connectivity index (χ0n) is 17.8. The van der Waals surface area contributed by atoms with Crippen molar-refractivity contribution in [2.75, 3.05) is 69.6 Å². The summed E-state index contributed by atoms with van der Waals surface area (Å²) in [5.41, 5.74) is -0.884. The van der Waals surface area contributed by atoms with E-state index in [1.165, 1.54) is 0 Å². The van der Waals surface area contributed by atoms with E-state index in [0.29, 0.717) is 6.61 Å². The topological polar surface area (TPSA) is 83.1 Å². The molecule has 1 saturated heterocycles. The van der Waals surface area contributed by atoms with Gasteiger partial charge in [0.05, 0.1) is 25.9 Å². The van der Waals surface area contributed by atoms with Crippen molar-refractivity contribution in [2.24, 2.45) is 0 Å². The molecule has 1 heterocycles. The lowest BCUT2D eigenvalue weighted by molar-refractivity contribution is -0.318. The van der Waals surface area contributed by atoms with Crippen LogP contribution in [-0.2, 0) is 42.6 Å². The summed E-state index contributed by atoms with van der Waals surface area (Å²) >= 11 is 0. The SMILES string of the molecule is COC[C@H](OC)[C@](COC)(CO[C@@H]1O[C@@H](C)[C@H](OC)[C@@H](OC)[C@H]1OC)OC. The molecule has 0 radical (unpaired) electrons. The van der Waals surface area contributed by atoms with E-state index >= 15 is 0 Å². The van der Waals surface area contributed by atoms with Gasteiger partial charge < -0.3 is 42.6 Å². The second-order valence-corrected chi connectivity index (χ2v) is 6.50. The maximum Gasteiger partial charge on any atom is 0.186 e. The van der Waals surface area contributed by atoms with Crippen molar-refractivity contribution in [3.63, 3.8) is 0 Å². The number of hydrogen-bond donors (Lipinski definition) is 0. The van der Waals surface area contributed by atoms with E-state index in [1.54, 1.807) is 49.8 Å². The first kappa shape index (κ1) is 24.7. The molecule has 1 fully saturated rings. The highest BCUT2D eigenvalue weighted by molar-refractivity contribution is 4.93. The molecule has 1 rings (SSSR count). The molecule has 162 valence electrons. The van der Waals surface area contributed by atoms with E-state index in [-0.39, 0.29) is 31.5 Å². The Bertz CT molecular complexity index is 397. The van der Waals surface area contributed by atoms with Crippen LogP contribution < -0.4 is 0 Å². The van der Waals surface area contributed by atoms with Gasteiger partial charge in [-0.25, -0.2) is 0 Å². The minimum atomic E-state index is -0.884. The van der Waals surface area contributed by atoms with Gasteiger partial charge in [-0.05, 0) is 6.92 Å². The number of methoxy groups -OCH3 is 7. The van der Waals surface area contributed by atoms with Gasteiger partial charge in [-0.3, -0.25) is 0 Å². The first-order chi connectivity index (χ1) is 13.0. The molecule has 0 spiro atoms. The summed E-state index contributed by atoms with van der Waals surface area (Å²) in [5.74, 6) is 0. The van der Waals surface area contributed by atoms with Gasteiger partial charge in [0.1, 0.15) is 30.0 Å². The molecule has 27 heavy (non-hydrogen) atoms. The number of hydrogen-bond acceptors (Lipinski definition) is 9. The van der Waals surface area contributed by atoms with Gasteiger partial charge in [-0.2, -0.15) is 0 Å². The van der Waals surface area contributed by atoms with Gasteiger partial charge >= 0.3 is 0 Å². The number of rotatable bonds is 13. The minimum absolute atomic E-state index is 0.143. The molecule has 0 amide bonds. The van der Waals surface area contributed by atoms with E-state index < -0.39 is 24.1 Å². The van der Waals surface area contributed by atoms with Crippen molar-refractivity contribution in [3.05, 3.63) is 0 Å². The van der Waals surface area contributed by atoms with Crippen LogP contribution in [0.1, 0.15) is 6.92 Å². The molecule has 9 nitrogen and oxygen atoms in total. The highest BCUT2D eigenvalue weighted by Gasteiger charge is 2.48. The van der Waals surface area contributed by atoms with Crippen molar-refractivity contribution < 1.29 is 42.6 Å². The Labute approximate surface area is 162 Å². The predicted molar refractivity (Wildman–Crippen MR) is 97.0 cm³/mol. The average molecular weight is 396 g/mol. The fourth-order valence-corrected chi connectivity index (χ4v) is 3.48. The van der Waals surface area contributed by atoms with Gasteiger partial charge in [0, 0.05) is 49.8 Å². The zero-order valence-corrected chi connectivity index (χ0v) is 17.8. The van der Waals surface area contributed by atoms with E-state index in [9.17, 15) is 0 Å². The van der Waals surface area contributed by atoms with Crippen LogP contribution in [0, 0.1) is 0 Å². The molecule has 0 aromatic carbocycles. The molecular weight excluding hydrogens is 360 g/mol. The smallest absolute Gasteiger partial charge is 0.186 e. The van der Waals surface area contributed by atoms with Crippen LogP contribution in [-0.4, -0.2) is 112 Å². The predicted octanol–water partition coefficient (Wildman–Crippen LogP) is 0.486. The maximum absolute atomic E-state index is 6.10. The van der Waals surface area contributed by atoms with Crippen molar-refractivity contribution in [3.8, 4) is 0 Å². The molecule has 0 N–H and O–H groups in total. The van der Waals surface area contributed by atoms with E-state index in [4.69, 9.17) is 42.6 Å². The summed E-state index contributed by atoms with van der Waals surface area (Å²) in [7, 11) is 11.2. The summed E-state index contributed by atoms with van der Waals surface area (Å²) < 4.78 is 50.7. The molecular formula is C18H36O9. The minimum Gasteiger partial charge on any atom is -0.382 e. The van der Waals surface area contributed by atoms with Crippen LogP contribution in [0.25, 0.3) is 0 Å². The van der Waals surface area contributed by atoms with E-state index in [2.05, 4.69) is 0 Å². The number of ether oxygens (including phenoxy) is 9. The maximum atomic E-state index is 6.10. The van der Waals surface area contributed by atoms with Gasteiger partial charge in [-0.15, -0.1) is 0 Å². The molecule has 0 saturated carbocycles. The van der Waals surface area contributed by atoms with Gasteiger partial charge in [0.2, 0.25) is 0 Å². The summed E-state index contributed by atoms with van der Waals surface area (Å²) in [6, 6.07) is 0. The third-order valence-electron chi connectivity index (χ3n) is 5.02. The Balaban J connectivity index is 2.97. The molecule has 0 aromatic heterocycles. The van der Waals surface area contributed by atoms with E-state index in [0.717, 1.165) is 0 Å². The average Bonchev–Trinajstić information content (AvgIpc) is 2.68. The van der Waals surface area contributed by atoms with Crippen LogP contribution in [0.3, 0.4) is 0 Å². The molecule has 0 unspecified atom stereocenters. The molecule has 0 aliphatic carbocycles. The van der Waals surface area contributed by atoms with Crippen molar-refractivity contribution >= 4 is 0 Å². The van der Waals surface area contributed by atoms with Gasteiger partial charge in [-0.1, -0.05) is 0 Å². The lowest BCUT2D eigenvalue weighted by Gasteiger charge is -2.45. The van der Waals surface area contributed by atoms with Crippen LogP contribution in [0.4, 0.5) is 0 Å². The van der Waals surface area contributed by atoms with Crippen molar-refractivity contribution in [1.29, 1.82) is 0 Å².